The smallest absolute Gasteiger partial charge is 0.160 e. The molecule has 7 heteroatoms. The molecule has 0 atom stereocenters. The fraction of sp³-hybridized carbons (Fsp3) is 0. The van der Waals surface area contributed by atoms with Gasteiger partial charge in [-0.3, -0.25) is 0 Å². The third-order valence-corrected chi connectivity index (χ3v) is 13.6. The van der Waals surface area contributed by atoms with Gasteiger partial charge in [0.15, 0.2) is 11.6 Å². The van der Waals surface area contributed by atoms with Crippen molar-refractivity contribution in [3.8, 4) is 112 Å². The summed E-state index contributed by atoms with van der Waals surface area (Å²) >= 11 is 7.10. The minimum absolute atomic E-state index is 0. The first-order valence-electron chi connectivity index (χ1n) is 24.4. The second-order valence-electron chi connectivity index (χ2n) is 17.7. The maximum absolute atomic E-state index is 5.17. The van der Waals surface area contributed by atoms with E-state index in [4.69, 9.17) is 19.9 Å². The monoisotopic (exact) mass is 1200 g/mol. The third kappa shape index (κ3) is 12.4. The summed E-state index contributed by atoms with van der Waals surface area (Å²) in [7, 11) is 0. The summed E-state index contributed by atoms with van der Waals surface area (Å²) in [6.07, 6.45) is 0. The van der Waals surface area contributed by atoms with Crippen molar-refractivity contribution in [1.82, 2.24) is 19.9 Å². The summed E-state index contributed by atoms with van der Waals surface area (Å²) in [5.74, 6) is 1.40. The first-order chi connectivity index (χ1) is 36.5. The predicted molar refractivity (Wildman–Crippen MR) is 314 cm³/mol. The number of benzene rings is 10. The number of hydrogen-bond donors (Lipinski definition) is 0. The van der Waals surface area contributed by atoms with Crippen LogP contribution in [0.1, 0.15) is 0 Å². The zero-order chi connectivity index (χ0) is 50.1. The van der Waals surface area contributed by atoms with Crippen molar-refractivity contribution < 1.29 is 24.0 Å². The van der Waals surface area contributed by atoms with Crippen molar-refractivity contribution in [2.75, 3.05) is 0 Å². The van der Waals surface area contributed by atoms with Crippen LogP contribution in [0.15, 0.2) is 288 Å². The van der Waals surface area contributed by atoms with E-state index >= 15 is 0 Å². The van der Waals surface area contributed by atoms with Gasteiger partial charge in [-0.2, -0.15) is 0 Å². The summed E-state index contributed by atoms with van der Waals surface area (Å²) in [5, 5.41) is 0. The van der Waals surface area contributed by atoms with Crippen LogP contribution in [0.2, 0.25) is 0 Å². The minimum atomic E-state index is 0. The fourth-order valence-electron chi connectivity index (χ4n) is 8.92. The molecule has 2 aromatic heterocycles. The van der Waals surface area contributed by atoms with Gasteiger partial charge in [-0.1, -0.05) is 262 Å². The molecule has 75 heavy (non-hydrogen) atoms. The second-order valence-corrected chi connectivity index (χ2v) is 19.6. The van der Waals surface area contributed by atoms with Gasteiger partial charge in [0.25, 0.3) is 0 Å². The van der Waals surface area contributed by atoms with Gasteiger partial charge < -0.3 is 24.0 Å². The van der Waals surface area contributed by atoms with Crippen LogP contribution in [-0.2, 0) is 0 Å². The molecular weight excluding hydrogens is 1160 g/mol. The van der Waals surface area contributed by atoms with E-state index in [0.29, 0.717) is 11.6 Å². The van der Waals surface area contributed by atoms with Crippen LogP contribution in [0, 0.1) is 0 Å². The molecule has 0 unspecified atom stereocenters. The number of halogens is 3. The van der Waals surface area contributed by atoms with E-state index in [0.717, 1.165) is 87.4 Å². The molecule has 0 spiro atoms. The predicted octanol–water partition coefficient (Wildman–Crippen LogP) is 16.2. The number of hydrogen-bond acceptors (Lipinski definition) is 4. The van der Waals surface area contributed by atoms with Gasteiger partial charge in [0, 0.05) is 42.3 Å². The molecule has 0 bridgehead atoms. The fourth-order valence-corrected chi connectivity index (χ4v) is 10.2. The average molecular weight is 1210 g/mol. The Labute approximate surface area is 472 Å². The molecule has 360 valence electrons. The van der Waals surface area contributed by atoms with Crippen molar-refractivity contribution >= 4 is 31.9 Å². The van der Waals surface area contributed by atoms with Crippen LogP contribution < -0.4 is 24.0 Å². The van der Waals surface area contributed by atoms with E-state index < -0.39 is 0 Å². The summed E-state index contributed by atoms with van der Waals surface area (Å²) in [6, 6.07) is 96.6. The molecule has 2 heterocycles. The summed E-state index contributed by atoms with van der Waals surface area (Å²) in [6.45, 7) is 0. The Hall–Kier alpha value is -7.95. The Kier molecular flexibility index (Phi) is 16.1. The standard InChI is InChI=1S/C46H32N2.C22H14Br2N2.HI/c1-5-13-33(14-6-1)35-21-25-37(26-22-35)41-29-42(38-27-23-36(24-28-38)34-15-7-2-8-16-34)31-43(30-41)46-47-44(39-17-9-3-10-18-39)32-45(48-46)40-19-11-4-12-20-40;23-18-11-17(12-19(24)13-18)22-25-20(15-7-3-1-4-8-15)14-21(26-22)16-9-5-2-6-10-16;/h1-32H;1-14H;1H/p-1. The number of nitrogens with zero attached hydrogens (tertiary/aromatic N) is 4. The van der Waals surface area contributed by atoms with E-state index in [2.05, 4.69) is 238 Å². The lowest BCUT2D eigenvalue weighted by molar-refractivity contribution is -0.0000141. The highest BCUT2D eigenvalue weighted by Gasteiger charge is 2.15. The molecule has 0 radical (unpaired) electrons. The van der Waals surface area contributed by atoms with Crippen molar-refractivity contribution in [2.24, 2.45) is 0 Å². The van der Waals surface area contributed by atoms with Crippen molar-refractivity contribution in [3.63, 3.8) is 0 Å². The SMILES string of the molecule is Brc1cc(Br)cc(-c2nc(-c3ccccc3)cc(-c3ccccc3)n2)c1.[I-].c1ccc(-c2ccc(-c3cc(-c4ccc(-c5ccccc5)cc4)cc(-c4nc(-c5ccccc5)cc(-c5ccccc5)n4)c3)cc2)cc1. The maximum Gasteiger partial charge on any atom is 0.160 e. The summed E-state index contributed by atoms with van der Waals surface area (Å²) in [5.41, 5.74) is 19.1. The molecule has 10 aromatic carbocycles. The molecule has 0 fully saturated rings. The zero-order valence-electron chi connectivity index (χ0n) is 40.5. The molecule has 0 N–H and O–H groups in total. The van der Waals surface area contributed by atoms with Crippen LogP contribution >= 0.6 is 31.9 Å². The van der Waals surface area contributed by atoms with Gasteiger partial charge in [-0.25, -0.2) is 19.9 Å². The van der Waals surface area contributed by atoms with E-state index in [1.807, 2.05) is 72.8 Å². The summed E-state index contributed by atoms with van der Waals surface area (Å²) < 4.78 is 1.97. The van der Waals surface area contributed by atoms with E-state index in [9.17, 15) is 0 Å². The lowest BCUT2D eigenvalue weighted by Gasteiger charge is -2.14. The van der Waals surface area contributed by atoms with Crippen LogP contribution in [0.25, 0.3) is 112 Å². The normalized spacial score (nSPS) is 10.7. The van der Waals surface area contributed by atoms with Crippen molar-refractivity contribution in [1.29, 1.82) is 0 Å². The average Bonchev–Trinajstić information content (AvgIpc) is 3.48. The van der Waals surface area contributed by atoms with Gasteiger partial charge in [0.1, 0.15) is 0 Å². The van der Waals surface area contributed by atoms with Gasteiger partial charge in [0.2, 0.25) is 0 Å². The lowest BCUT2D eigenvalue weighted by Crippen LogP contribution is -3.00. The largest absolute Gasteiger partial charge is 1.00 e. The Morgan fingerprint density at radius 3 is 0.680 bits per heavy atom. The van der Waals surface area contributed by atoms with Crippen LogP contribution in [0.4, 0.5) is 0 Å². The van der Waals surface area contributed by atoms with Gasteiger partial charge in [0.05, 0.1) is 22.8 Å². The molecule has 12 aromatic rings. The maximum atomic E-state index is 5.17. The quantitative estimate of drug-likeness (QED) is 0.128. The highest BCUT2D eigenvalue weighted by atomic mass is 127. The topological polar surface area (TPSA) is 51.6 Å². The first-order valence-corrected chi connectivity index (χ1v) is 26.0. The highest BCUT2D eigenvalue weighted by molar-refractivity contribution is 9.11. The van der Waals surface area contributed by atoms with E-state index in [-0.39, 0.29) is 24.0 Å². The highest BCUT2D eigenvalue weighted by Crippen LogP contribution is 2.36. The Bertz CT molecular complexity index is 3570. The number of rotatable bonds is 10. The molecule has 0 amide bonds. The molecule has 4 nitrogen and oxygen atoms in total. The molecule has 0 aliphatic heterocycles. The van der Waals surface area contributed by atoms with Gasteiger partial charge in [-0.15, -0.1) is 0 Å². The molecule has 0 aliphatic rings. The van der Waals surface area contributed by atoms with Crippen molar-refractivity contribution in [2.45, 2.75) is 0 Å². The lowest BCUT2D eigenvalue weighted by atomic mass is 9.93. The number of aromatic nitrogens is 4. The van der Waals surface area contributed by atoms with E-state index in [1.165, 1.54) is 22.3 Å². The minimum Gasteiger partial charge on any atom is -1.00 e. The van der Waals surface area contributed by atoms with Crippen LogP contribution in [0.5, 0.6) is 0 Å². The molecule has 12 rings (SSSR count). The Morgan fingerprint density at radius 1 is 0.187 bits per heavy atom. The zero-order valence-corrected chi connectivity index (χ0v) is 45.8. The van der Waals surface area contributed by atoms with Crippen molar-refractivity contribution in [3.05, 3.63) is 288 Å². The molecular formula is C68H46Br2IN4-. The molecule has 0 saturated heterocycles. The molecule has 0 saturated carbocycles. The van der Waals surface area contributed by atoms with E-state index in [1.54, 1.807) is 0 Å². The van der Waals surface area contributed by atoms with Crippen LogP contribution in [-0.4, -0.2) is 19.9 Å². The first kappa shape index (κ1) is 50.6. The van der Waals surface area contributed by atoms with Gasteiger partial charge in [-0.05, 0) is 93.0 Å². The molecule has 0 aliphatic carbocycles. The second kappa shape index (κ2) is 23.9. The Morgan fingerprint density at radius 2 is 0.400 bits per heavy atom. The van der Waals surface area contributed by atoms with Crippen LogP contribution in [0.3, 0.4) is 0 Å². The Balaban J connectivity index is 0.000000201. The van der Waals surface area contributed by atoms with Gasteiger partial charge >= 0.3 is 0 Å². The summed E-state index contributed by atoms with van der Waals surface area (Å²) in [4.78, 5) is 20.0. The third-order valence-electron chi connectivity index (χ3n) is 12.7.